The molecule has 0 bridgehead atoms. The minimum absolute atomic E-state index is 0.107. The molecule has 86 valence electrons. The molecule has 1 rings (SSSR count). The molecule has 0 amide bonds. The molecular formula is C11H20N2O2. The quantitative estimate of drug-likeness (QED) is 0.831. The molecule has 1 heterocycles. The first-order valence-electron chi connectivity index (χ1n) is 5.32. The lowest BCUT2D eigenvalue weighted by Gasteiger charge is -2.12. The Bertz CT molecular complexity index is 313. The van der Waals surface area contributed by atoms with Crippen LogP contribution in [0.4, 0.5) is 0 Å². The van der Waals surface area contributed by atoms with E-state index < -0.39 is 6.10 Å². The van der Waals surface area contributed by atoms with Gasteiger partial charge < -0.3 is 9.63 Å². The molecular weight excluding hydrogens is 192 g/mol. The summed E-state index contributed by atoms with van der Waals surface area (Å²) in [5.41, 5.74) is -0.107. The molecule has 1 aromatic heterocycles. The van der Waals surface area contributed by atoms with Crippen LogP contribution < -0.4 is 0 Å². The summed E-state index contributed by atoms with van der Waals surface area (Å²) in [7, 11) is 0. The van der Waals surface area contributed by atoms with Crippen LogP contribution in [0.3, 0.4) is 0 Å². The van der Waals surface area contributed by atoms with Crippen LogP contribution in [0.5, 0.6) is 0 Å². The Labute approximate surface area is 90.7 Å². The van der Waals surface area contributed by atoms with Crippen LogP contribution in [0.2, 0.25) is 0 Å². The van der Waals surface area contributed by atoms with Crippen LogP contribution in [-0.4, -0.2) is 21.4 Å². The Kier molecular flexibility index (Phi) is 3.50. The van der Waals surface area contributed by atoms with Crippen LogP contribution >= 0.6 is 0 Å². The summed E-state index contributed by atoms with van der Waals surface area (Å²) in [6.45, 7) is 10.0. The fraction of sp³-hybridized carbons (Fsp3) is 0.818. The molecule has 0 aromatic carbocycles. The molecule has 0 aliphatic rings. The molecule has 0 radical (unpaired) electrons. The van der Waals surface area contributed by atoms with Gasteiger partial charge in [0, 0.05) is 5.41 Å². The number of aliphatic hydroxyl groups excluding tert-OH is 1. The van der Waals surface area contributed by atoms with Crippen molar-refractivity contribution in [1.29, 1.82) is 0 Å². The number of nitrogens with zero attached hydrogens (tertiary/aromatic N) is 2. The molecule has 4 nitrogen and oxygen atoms in total. The molecule has 1 atom stereocenters. The van der Waals surface area contributed by atoms with E-state index in [1.807, 2.05) is 34.6 Å². The summed E-state index contributed by atoms with van der Waals surface area (Å²) in [6.07, 6.45) is 0.0130. The van der Waals surface area contributed by atoms with Crippen molar-refractivity contribution in [2.75, 3.05) is 0 Å². The van der Waals surface area contributed by atoms with E-state index in [-0.39, 0.29) is 11.3 Å². The van der Waals surface area contributed by atoms with Crippen LogP contribution in [0.25, 0.3) is 0 Å². The molecule has 0 spiro atoms. The minimum atomic E-state index is -0.418. The van der Waals surface area contributed by atoms with E-state index in [0.717, 1.165) is 0 Å². The normalized spacial score (nSPS) is 14.6. The SMILES string of the molecule is CC(C)C(O)Cc1nc(C(C)(C)C)no1. The maximum absolute atomic E-state index is 9.66. The standard InChI is InChI=1S/C11H20N2O2/c1-7(2)8(14)6-9-12-10(13-15-9)11(3,4)5/h7-8,14H,6H2,1-5H3. The third-order valence-corrected chi connectivity index (χ3v) is 2.29. The molecule has 1 unspecified atom stereocenters. The highest BCUT2D eigenvalue weighted by atomic mass is 16.5. The van der Waals surface area contributed by atoms with Crippen molar-refractivity contribution in [1.82, 2.24) is 10.1 Å². The van der Waals surface area contributed by atoms with E-state index in [1.165, 1.54) is 0 Å². The van der Waals surface area contributed by atoms with Gasteiger partial charge in [-0.3, -0.25) is 0 Å². The van der Waals surface area contributed by atoms with Gasteiger partial charge in [-0.2, -0.15) is 4.98 Å². The first-order chi connectivity index (χ1) is 6.80. The molecule has 0 saturated carbocycles. The molecule has 0 aliphatic heterocycles. The van der Waals surface area contributed by atoms with Crippen LogP contribution in [0.15, 0.2) is 4.52 Å². The Morgan fingerprint density at radius 2 is 1.93 bits per heavy atom. The van der Waals surface area contributed by atoms with Gasteiger partial charge in [0.2, 0.25) is 5.89 Å². The number of hydrogen-bond donors (Lipinski definition) is 1. The lowest BCUT2D eigenvalue weighted by atomic mass is 9.96. The van der Waals surface area contributed by atoms with Gasteiger partial charge >= 0.3 is 0 Å². The van der Waals surface area contributed by atoms with Crippen molar-refractivity contribution in [3.05, 3.63) is 11.7 Å². The lowest BCUT2D eigenvalue weighted by molar-refractivity contribution is 0.116. The van der Waals surface area contributed by atoms with Gasteiger partial charge in [-0.15, -0.1) is 0 Å². The fourth-order valence-electron chi connectivity index (χ4n) is 1.06. The second-order valence-electron chi connectivity index (χ2n) is 5.28. The average Bonchev–Trinajstić information content (AvgIpc) is 2.51. The van der Waals surface area contributed by atoms with E-state index in [2.05, 4.69) is 10.1 Å². The van der Waals surface area contributed by atoms with Crippen LogP contribution in [0, 0.1) is 5.92 Å². The number of hydrogen-bond acceptors (Lipinski definition) is 4. The Balaban J connectivity index is 2.69. The Morgan fingerprint density at radius 3 is 2.33 bits per heavy atom. The predicted octanol–water partition coefficient (Wildman–Crippen LogP) is 1.93. The number of rotatable bonds is 3. The topological polar surface area (TPSA) is 59.2 Å². The molecule has 4 heteroatoms. The Morgan fingerprint density at radius 1 is 1.33 bits per heavy atom. The second-order valence-corrected chi connectivity index (χ2v) is 5.28. The monoisotopic (exact) mass is 212 g/mol. The fourth-order valence-corrected chi connectivity index (χ4v) is 1.06. The zero-order valence-electron chi connectivity index (χ0n) is 10.1. The number of aliphatic hydroxyl groups is 1. The number of aromatic nitrogens is 2. The van der Waals surface area contributed by atoms with Crippen molar-refractivity contribution in [3.8, 4) is 0 Å². The summed E-state index contributed by atoms with van der Waals surface area (Å²) in [5, 5.41) is 13.6. The molecule has 0 saturated heterocycles. The van der Waals surface area contributed by atoms with Crippen molar-refractivity contribution >= 4 is 0 Å². The highest BCUT2D eigenvalue weighted by molar-refractivity contribution is 5.00. The van der Waals surface area contributed by atoms with Gasteiger partial charge in [-0.1, -0.05) is 39.8 Å². The van der Waals surface area contributed by atoms with E-state index in [4.69, 9.17) is 4.52 Å². The smallest absolute Gasteiger partial charge is 0.229 e. The highest BCUT2D eigenvalue weighted by Gasteiger charge is 2.22. The van der Waals surface area contributed by atoms with Crippen LogP contribution in [0.1, 0.15) is 46.3 Å². The summed E-state index contributed by atoms with van der Waals surface area (Å²) in [4.78, 5) is 4.27. The van der Waals surface area contributed by atoms with Gasteiger partial charge in [0.25, 0.3) is 0 Å². The Hall–Kier alpha value is -0.900. The largest absolute Gasteiger partial charge is 0.392 e. The maximum Gasteiger partial charge on any atom is 0.229 e. The first-order valence-corrected chi connectivity index (χ1v) is 5.32. The maximum atomic E-state index is 9.66. The van der Waals surface area contributed by atoms with Gasteiger partial charge in [0.15, 0.2) is 5.82 Å². The van der Waals surface area contributed by atoms with Crippen molar-refractivity contribution in [2.45, 2.75) is 52.6 Å². The highest BCUT2D eigenvalue weighted by Crippen LogP contribution is 2.19. The second kappa shape index (κ2) is 4.31. The minimum Gasteiger partial charge on any atom is -0.392 e. The molecule has 0 aliphatic carbocycles. The zero-order chi connectivity index (χ0) is 11.6. The molecule has 1 N–H and O–H groups in total. The third kappa shape index (κ3) is 3.30. The summed E-state index contributed by atoms with van der Waals surface area (Å²) < 4.78 is 5.09. The third-order valence-electron chi connectivity index (χ3n) is 2.29. The molecule has 0 fully saturated rings. The molecule has 1 aromatic rings. The summed E-state index contributed by atoms with van der Waals surface area (Å²) in [6, 6.07) is 0. The van der Waals surface area contributed by atoms with E-state index in [9.17, 15) is 5.11 Å². The zero-order valence-corrected chi connectivity index (χ0v) is 10.1. The van der Waals surface area contributed by atoms with Gasteiger partial charge in [-0.25, -0.2) is 0 Å². The van der Waals surface area contributed by atoms with Gasteiger partial charge in [0.05, 0.1) is 12.5 Å². The average molecular weight is 212 g/mol. The van der Waals surface area contributed by atoms with Crippen molar-refractivity contribution in [3.63, 3.8) is 0 Å². The van der Waals surface area contributed by atoms with E-state index in [1.54, 1.807) is 0 Å². The van der Waals surface area contributed by atoms with Crippen LogP contribution in [-0.2, 0) is 11.8 Å². The van der Waals surface area contributed by atoms with E-state index in [0.29, 0.717) is 18.1 Å². The summed E-state index contributed by atoms with van der Waals surface area (Å²) in [5.74, 6) is 1.41. The van der Waals surface area contributed by atoms with Gasteiger partial charge in [-0.05, 0) is 5.92 Å². The first kappa shape index (κ1) is 12.2. The predicted molar refractivity (Wildman–Crippen MR) is 57.5 cm³/mol. The summed E-state index contributed by atoms with van der Waals surface area (Å²) >= 11 is 0. The van der Waals surface area contributed by atoms with Crippen molar-refractivity contribution in [2.24, 2.45) is 5.92 Å². The molecule has 15 heavy (non-hydrogen) atoms. The lowest BCUT2D eigenvalue weighted by Crippen LogP contribution is -2.18. The van der Waals surface area contributed by atoms with Gasteiger partial charge in [0.1, 0.15) is 0 Å². The van der Waals surface area contributed by atoms with E-state index >= 15 is 0 Å². The van der Waals surface area contributed by atoms with Crippen molar-refractivity contribution < 1.29 is 9.63 Å².